The van der Waals surface area contributed by atoms with Gasteiger partial charge in [-0.2, -0.15) is 0 Å². The SMILES string of the molecule is CNC(Cc1ccc(I)cc1)c1cnccc1C. The predicted molar refractivity (Wildman–Crippen MR) is 83.6 cm³/mol. The molecule has 2 aromatic rings. The van der Waals surface area contributed by atoms with Crippen molar-refractivity contribution in [1.29, 1.82) is 0 Å². The largest absolute Gasteiger partial charge is 0.313 e. The maximum atomic E-state index is 4.23. The van der Waals surface area contributed by atoms with E-state index in [1.807, 2.05) is 19.4 Å². The van der Waals surface area contributed by atoms with E-state index in [1.165, 1.54) is 20.3 Å². The first-order valence-corrected chi connectivity index (χ1v) is 7.11. The van der Waals surface area contributed by atoms with Crippen molar-refractivity contribution < 1.29 is 0 Å². The van der Waals surface area contributed by atoms with Gasteiger partial charge < -0.3 is 5.32 Å². The van der Waals surface area contributed by atoms with Crippen molar-refractivity contribution in [2.75, 3.05) is 7.05 Å². The molecular weight excluding hydrogens is 335 g/mol. The van der Waals surface area contributed by atoms with E-state index in [4.69, 9.17) is 0 Å². The third kappa shape index (κ3) is 3.29. The standard InChI is InChI=1S/C15H17IN2/c1-11-7-8-18-10-14(11)15(17-2)9-12-3-5-13(16)6-4-12/h3-8,10,15,17H,9H2,1-2H3. The molecule has 1 N–H and O–H groups in total. The summed E-state index contributed by atoms with van der Waals surface area (Å²) in [6.45, 7) is 2.13. The third-order valence-electron chi connectivity index (χ3n) is 3.16. The van der Waals surface area contributed by atoms with Crippen LogP contribution in [0.2, 0.25) is 0 Å². The summed E-state index contributed by atoms with van der Waals surface area (Å²) in [5.74, 6) is 0. The molecule has 1 aromatic carbocycles. The van der Waals surface area contributed by atoms with Gasteiger partial charge in [-0.05, 0) is 77.9 Å². The second-order valence-electron chi connectivity index (χ2n) is 4.40. The Labute approximate surface area is 122 Å². The number of nitrogens with zero attached hydrogens (tertiary/aromatic N) is 1. The molecule has 1 atom stereocenters. The number of benzene rings is 1. The minimum atomic E-state index is 0.318. The number of rotatable bonds is 4. The molecular formula is C15H17IN2. The van der Waals surface area contributed by atoms with Crippen LogP contribution in [0, 0.1) is 10.5 Å². The summed E-state index contributed by atoms with van der Waals surface area (Å²) in [5, 5.41) is 3.38. The van der Waals surface area contributed by atoms with Gasteiger partial charge in [0.15, 0.2) is 0 Å². The molecule has 1 heterocycles. The van der Waals surface area contributed by atoms with Crippen LogP contribution in [0.25, 0.3) is 0 Å². The Morgan fingerprint density at radius 3 is 2.56 bits per heavy atom. The Balaban J connectivity index is 2.20. The lowest BCUT2D eigenvalue weighted by atomic mass is 9.97. The summed E-state index contributed by atoms with van der Waals surface area (Å²) >= 11 is 2.33. The summed E-state index contributed by atoms with van der Waals surface area (Å²) in [4.78, 5) is 4.23. The fraction of sp³-hybridized carbons (Fsp3) is 0.267. The van der Waals surface area contributed by atoms with E-state index in [-0.39, 0.29) is 0 Å². The van der Waals surface area contributed by atoms with E-state index in [0.717, 1.165) is 6.42 Å². The monoisotopic (exact) mass is 352 g/mol. The zero-order valence-corrected chi connectivity index (χ0v) is 12.8. The predicted octanol–water partition coefficient (Wildman–Crippen LogP) is 3.50. The number of halogens is 1. The first-order valence-electron chi connectivity index (χ1n) is 6.03. The van der Waals surface area contributed by atoms with Gasteiger partial charge in [0.1, 0.15) is 0 Å². The quantitative estimate of drug-likeness (QED) is 0.852. The molecule has 2 rings (SSSR count). The van der Waals surface area contributed by atoms with Crippen molar-refractivity contribution in [2.24, 2.45) is 0 Å². The van der Waals surface area contributed by atoms with E-state index < -0.39 is 0 Å². The van der Waals surface area contributed by atoms with Crippen LogP contribution in [-0.2, 0) is 6.42 Å². The topological polar surface area (TPSA) is 24.9 Å². The van der Waals surface area contributed by atoms with Gasteiger partial charge >= 0.3 is 0 Å². The number of nitrogens with one attached hydrogen (secondary N) is 1. The minimum absolute atomic E-state index is 0.318. The van der Waals surface area contributed by atoms with Gasteiger partial charge in [-0.1, -0.05) is 12.1 Å². The molecule has 0 saturated heterocycles. The lowest BCUT2D eigenvalue weighted by Gasteiger charge is -2.18. The van der Waals surface area contributed by atoms with E-state index in [9.17, 15) is 0 Å². The van der Waals surface area contributed by atoms with Gasteiger partial charge in [0.2, 0.25) is 0 Å². The lowest BCUT2D eigenvalue weighted by molar-refractivity contribution is 0.586. The molecule has 0 saturated carbocycles. The molecule has 3 heteroatoms. The summed E-state index contributed by atoms with van der Waals surface area (Å²) in [7, 11) is 2.00. The van der Waals surface area contributed by atoms with Crippen LogP contribution in [0.3, 0.4) is 0 Å². The Bertz CT molecular complexity index is 508. The smallest absolute Gasteiger partial charge is 0.0376 e. The van der Waals surface area contributed by atoms with Crippen LogP contribution >= 0.6 is 22.6 Å². The first kappa shape index (κ1) is 13.5. The van der Waals surface area contributed by atoms with Gasteiger partial charge in [-0.15, -0.1) is 0 Å². The molecule has 0 aliphatic carbocycles. The van der Waals surface area contributed by atoms with E-state index in [0.29, 0.717) is 6.04 Å². The zero-order valence-electron chi connectivity index (χ0n) is 10.7. The van der Waals surface area contributed by atoms with Crippen LogP contribution in [-0.4, -0.2) is 12.0 Å². The van der Waals surface area contributed by atoms with Gasteiger partial charge in [0.25, 0.3) is 0 Å². The van der Waals surface area contributed by atoms with E-state index in [2.05, 4.69) is 70.1 Å². The number of aromatic nitrogens is 1. The highest BCUT2D eigenvalue weighted by molar-refractivity contribution is 14.1. The molecule has 0 aliphatic heterocycles. The molecule has 0 spiro atoms. The molecule has 0 fully saturated rings. The van der Waals surface area contributed by atoms with E-state index >= 15 is 0 Å². The van der Waals surface area contributed by atoms with Crippen LogP contribution < -0.4 is 5.32 Å². The minimum Gasteiger partial charge on any atom is -0.313 e. The normalized spacial score (nSPS) is 12.4. The molecule has 1 aromatic heterocycles. The summed E-state index contributed by atoms with van der Waals surface area (Å²) in [5.41, 5.74) is 3.91. The van der Waals surface area contributed by atoms with Gasteiger partial charge in [0, 0.05) is 22.0 Å². The third-order valence-corrected chi connectivity index (χ3v) is 3.88. The number of likely N-dealkylation sites (N-methyl/N-ethyl adjacent to an activating group) is 1. The molecule has 2 nitrogen and oxygen atoms in total. The molecule has 94 valence electrons. The first-order chi connectivity index (χ1) is 8.70. The number of hydrogen-bond acceptors (Lipinski definition) is 2. The Hall–Kier alpha value is -0.940. The van der Waals surface area contributed by atoms with Crippen molar-refractivity contribution in [3.05, 3.63) is 63.0 Å². The highest BCUT2D eigenvalue weighted by Crippen LogP contribution is 2.21. The van der Waals surface area contributed by atoms with Crippen molar-refractivity contribution in [3.63, 3.8) is 0 Å². The van der Waals surface area contributed by atoms with Crippen LogP contribution in [0.15, 0.2) is 42.7 Å². The fourth-order valence-corrected chi connectivity index (χ4v) is 2.42. The Morgan fingerprint density at radius 1 is 1.22 bits per heavy atom. The van der Waals surface area contributed by atoms with Gasteiger partial charge in [0.05, 0.1) is 0 Å². The maximum absolute atomic E-state index is 4.23. The van der Waals surface area contributed by atoms with Crippen molar-refractivity contribution in [3.8, 4) is 0 Å². The van der Waals surface area contributed by atoms with Gasteiger partial charge in [-0.3, -0.25) is 4.98 Å². The number of aryl methyl sites for hydroxylation is 1. The van der Waals surface area contributed by atoms with Crippen molar-refractivity contribution >= 4 is 22.6 Å². The molecule has 0 radical (unpaired) electrons. The van der Waals surface area contributed by atoms with Crippen molar-refractivity contribution in [1.82, 2.24) is 10.3 Å². The second-order valence-corrected chi connectivity index (χ2v) is 5.65. The lowest BCUT2D eigenvalue weighted by Crippen LogP contribution is -2.20. The molecule has 1 unspecified atom stereocenters. The zero-order chi connectivity index (χ0) is 13.0. The van der Waals surface area contributed by atoms with Crippen LogP contribution in [0.5, 0.6) is 0 Å². The maximum Gasteiger partial charge on any atom is 0.0376 e. The fourth-order valence-electron chi connectivity index (χ4n) is 2.06. The average Bonchev–Trinajstić information content (AvgIpc) is 2.39. The second kappa shape index (κ2) is 6.29. The highest BCUT2D eigenvalue weighted by Gasteiger charge is 2.12. The summed E-state index contributed by atoms with van der Waals surface area (Å²) in [6.07, 6.45) is 4.79. The molecule has 0 amide bonds. The molecule has 0 aliphatic rings. The molecule has 18 heavy (non-hydrogen) atoms. The number of pyridine rings is 1. The van der Waals surface area contributed by atoms with Crippen LogP contribution in [0.1, 0.15) is 22.7 Å². The van der Waals surface area contributed by atoms with Crippen LogP contribution in [0.4, 0.5) is 0 Å². The van der Waals surface area contributed by atoms with Crippen molar-refractivity contribution in [2.45, 2.75) is 19.4 Å². The number of hydrogen-bond donors (Lipinski definition) is 1. The summed E-state index contributed by atoms with van der Waals surface area (Å²) < 4.78 is 1.27. The van der Waals surface area contributed by atoms with E-state index in [1.54, 1.807) is 0 Å². The average molecular weight is 352 g/mol. The molecule has 0 bridgehead atoms. The van der Waals surface area contributed by atoms with Gasteiger partial charge in [-0.25, -0.2) is 0 Å². The Kier molecular flexibility index (Phi) is 4.72. The highest BCUT2D eigenvalue weighted by atomic mass is 127. The Morgan fingerprint density at radius 2 is 1.94 bits per heavy atom. The summed E-state index contributed by atoms with van der Waals surface area (Å²) in [6, 6.07) is 11.1.